The summed E-state index contributed by atoms with van der Waals surface area (Å²) in [6, 6.07) is 1.91. The topological polar surface area (TPSA) is 83.6 Å². The molecule has 2 heterocycles. The summed E-state index contributed by atoms with van der Waals surface area (Å²) in [4.78, 5) is 29.9. The van der Waals surface area contributed by atoms with Gasteiger partial charge in [0.05, 0.1) is 5.92 Å². The van der Waals surface area contributed by atoms with Crippen molar-refractivity contribution in [2.45, 2.75) is 19.8 Å². The number of hydrogen-bond donors (Lipinski definition) is 2. The van der Waals surface area contributed by atoms with Crippen LogP contribution in [0.2, 0.25) is 0 Å². The lowest BCUT2D eigenvalue weighted by Gasteiger charge is -2.32. The van der Waals surface area contributed by atoms with Crippen LogP contribution in [0, 0.1) is 12.8 Å². The van der Waals surface area contributed by atoms with Crippen LogP contribution < -0.4 is 10.6 Å². The van der Waals surface area contributed by atoms with E-state index >= 15 is 0 Å². The van der Waals surface area contributed by atoms with Crippen molar-refractivity contribution < 1.29 is 14.3 Å². The second-order valence-corrected chi connectivity index (χ2v) is 6.02. The molecule has 1 aliphatic rings. The molecule has 2 N–H and O–H groups in total. The number of methoxy groups -OCH3 is 1. The average molecular weight is 334 g/mol. The number of aromatic nitrogens is 1. The lowest BCUT2D eigenvalue weighted by Crippen LogP contribution is -2.47. The molecular formula is C17H26N4O3. The van der Waals surface area contributed by atoms with Crippen LogP contribution in [0.5, 0.6) is 0 Å². The predicted molar refractivity (Wildman–Crippen MR) is 91.7 cm³/mol. The lowest BCUT2D eigenvalue weighted by atomic mass is 9.97. The van der Waals surface area contributed by atoms with Crippen LogP contribution in [-0.4, -0.2) is 61.6 Å². The van der Waals surface area contributed by atoms with Gasteiger partial charge in [-0.2, -0.15) is 0 Å². The van der Waals surface area contributed by atoms with E-state index in [4.69, 9.17) is 4.74 Å². The normalized spacial score (nSPS) is 17.4. The summed E-state index contributed by atoms with van der Waals surface area (Å²) >= 11 is 0. The Labute approximate surface area is 142 Å². The number of nitrogens with zero attached hydrogens (tertiary/aromatic N) is 2. The van der Waals surface area contributed by atoms with E-state index in [0.717, 1.165) is 24.1 Å². The van der Waals surface area contributed by atoms with Gasteiger partial charge < -0.3 is 20.3 Å². The summed E-state index contributed by atoms with van der Waals surface area (Å²) in [6.45, 7) is 4.43. The number of likely N-dealkylation sites (tertiary alicyclic amines) is 1. The highest BCUT2D eigenvalue weighted by Gasteiger charge is 2.27. The fourth-order valence-corrected chi connectivity index (χ4v) is 2.83. The molecule has 1 aliphatic heterocycles. The molecule has 1 aromatic rings. The fraction of sp³-hybridized carbons (Fsp3) is 0.588. The number of ether oxygens (including phenoxy) is 1. The molecule has 1 atom stereocenters. The predicted octanol–water partition coefficient (Wildman–Crippen LogP) is 0.803. The summed E-state index contributed by atoms with van der Waals surface area (Å²) < 4.78 is 4.88. The van der Waals surface area contributed by atoms with Crippen LogP contribution in [0.3, 0.4) is 0 Å². The van der Waals surface area contributed by atoms with Gasteiger partial charge in [0.15, 0.2) is 0 Å². The summed E-state index contributed by atoms with van der Waals surface area (Å²) in [5.74, 6) is -0.176. The molecule has 132 valence electrons. The number of anilines is 1. The molecule has 2 rings (SSSR count). The van der Waals surface area contributed by atoms with E-state index in [-0.39, 0.29) is 24.3 Å². The maximum atomic E-state index is 12.3. The molecule has 1 fully saturated rings. The highest BCUT2D eigenvalue weighted by molar-refractivity contribution is 5.81. The van der Waals surface area contributed by atoms with Crippen molar-refractivity contribution in [3.63, 3.8) is 0 Å². The number of pyridine rings is 1. The maximum absolute atomic E-state index is 12.3. The SMILES string of the molecule is COCC(=O)N1CCC[C@@H](C(=O)NCCNc2ccncc2C)C1. The average Bonchev–Trinajstić information content (AvgIpc) is 2.60. The van der Waals surface area contributed by atoms with E-state index in [0.29, 0.717) is 26.2 Å². The van der Waals surface area contributed by atoms with Crippen molar-refractivity contribution in [2.24, 2.45) is 5.92 Å². The molecule has 0 aromatic carbocycles. The first-order valence-electron chi connectivity index (χ1n) is 8.30. The van der Waals surface area contributed by atoms with Gasteiger partial charge in [0.1, 0.15) is 6.61 Å². The van der Waals surface area contributed by atoms with Gasteiger partial charge in [0, 0.05) is 51.4 Å². The summed E-state index contributed by atoms with van der Waals surface area (Å²) in [5, 5.41) is 6.23. The zero-order chi connectivity index (χ0) is 17.4. The number of nitrogens with one attached hydrogen (secondary N) is 2. The van der Waals surface area contributed by atoms with Crippen molar-refractivity contribution in [3.05, 3.63) is 24.0 Å². The Balaban J connectivity index is 1.72. The molecule has 1 saturated heterocycles. The minimum atomic E-state index is -0.137. The van der Waals surface area contributed by atoms with E-state index in [2.05, 4.69) is 15.6 Å². The number of carbonyl (C=O) groups excluding carboxylic acids is 2. The first-order chi connectivity index (χ1) is 11.6. The van der Waals surface area contributed by atoms with Crippen LogP contribution in [0.1, 0.15) is 18.4 Å². The molecule has 0 saturated carbocycles. The Morgan fingerprint density at radius 3 is 3.00 bits per heavy atom. The third kappa shape index (κ3) is 5.19. The molecule has 24 heavy (non-hydrogen) atoms. The first-order valence-corrected chi connectivity index (χ1v) is 8.30. The molecule has 0 unspecified atom stereocenters. The Kier molecular flexibility index (Phi) is 6.99. The highest BCUT2D eigenvalue weighted by Crippen LogP contribution is 2.17. The maximum Gasteiger partial charge on any atom is 0.248 e. The van der Waals surface area contributed by atoms with Crippen molar-refractivity contribution in [1.29, 1.82) is 0 Å². The number of hydrogen-bond acceptors (Lipinski definition) is 5. The van der Waals surface area contributed by atoms with Gasteiger partial charge in [0.2, 0.25) is 11.8 Å². The van der Waals surface area contributed by atoms with Crippen molar-refractivity contribution in [3.8, 4) is 0 Å². The van der Waals surface area contributed by atoms with Crippen LogP contribution in [0.15, 0.2) is 18.5 Å². The van der Waals surface area contributed by atoms with Crippen molar-refractivity contribution in [2.75, 3.05) is 45.2 Å². The first kappa shape index (κ1) is 18.2. The zero-order valence-corrected chi connectivity index (χ0v) is 14.4. The second kappa shape index (κ2) is 9.22. The Morgan fingerprint density at radius 1 is 1.42 bits per heavy atom. The Hall–Kier alpha value is -2.15. The molecule has 7 nitrogen and oxygen atoms in total. The molecular weight excluding hydrogens is 308 g/mol. The monoisotopic (exact) mass is 334 g/mol. The lowest BCUT2D eigenvalue weighted by molar-refractivity contribution is -0.138. The zero-order valence-electron chi connectivity index (χ0n) is 14.4. The Bertz CT molecular complexity index is 565. The van der Waals surface area contributed by atoms with Gasteiger partial charge in [-0.3, -0.25) is 14.6 Å². The van der Waals surface area contributed by atoms with Gasteiger partial charge in [-0.15, -0.1) is 0 Å². The number of carbonyl (C=O) groups is 2. The van der Waals surface area contributed by atoms with Crippen LogP contribution >= 0.6 is 0 Å². The van der Waals surface area contributed by atoms with Crippen molar-refractivity contribution in [1.82, 2.24) is 15.2 Å². The Morgan fingerprint density at radius 2 is 2.25 bits per heavy atom. The number of amides is 2. The molecule has 0 bridgehead atoms. The van der Waals surface area contributed by atoms with Gasteiger partial charge in [-0.25, -0.2) is 0 Å². The second-order valence-electron chi connectivity index (χ2n) is 6.02. The molecule has 0 aliphatic carbocycles. The quantitative estimate of drug-likeness (QED) is 0.721. The summed E-state index contributed by atoms with van der Waals surface area (Å²) in [5.41, 5.74) is 2.09. The number of piperidine rings is 1. The summed E-state index contributed by atoms with van der Waals surface area (Å²) in [7, 11) is 1.50. The van der Waals surface area contributed by atoms with E-state index in [1.807, 2.05) is 13.0 Å². The summed E-state index contributed by atoms with van der Waals surface area (Å²) in [6.07, 6.45) is 5.21. The van der Waals surface area contributed by atoms with Gasteiger partial charge in [0.25, 0.3) is 0 Å². The third-order valence-corrected chi connectivity index (χ3v) is 4.17. The van der Waals surface area contributed by atoms with E-state index in [1.54, 1.807) is 17.3 Å². The highest BCUT2D eigenvalue weighted by atomic mass is 16.5. The molecule has 2 amide bonds. The van der Waals surface area contributed by atoms with E-state index in [1.165, 1.54) is 7.11 Å². The standard InChI is InChI=1S/C17H26N4O3/c1-13-10-18-6-5-15(13)19-7-8-20-17(23)14-4-3-9-21(11-14)16(22)12-24-2/h5-6,10,14H,3-4,7-9,11-12H2,1-2H3,(H,18,19)(H,20,23)/t14-/m1/s1. The van der Waals surface area contributed by atoms with Crippen LogP contribution in [0.4, 0.5) is 5.69 Å². The third-order valence-electron chi connectivity index (χ3n) is 4.17. The van der Waals surface area contributed by atoms with Crippen LogP contribution in [0.25, 0.3) is 0 Å². The smallest absolute Gasteiger partial charge is 0.248 e. The minimum Gasteiger partial charge on any atom is -0.383 e. The minimum absolute atomic E-state index is 0.0122. The largest absolute Gasteiger partial charge is 0.383 e. The van der Waals surface area contributed by atoms with Gasteiger partial charge in [-0.1, -0.05) is 0 Å². The molecule has 0 radical (unpaired) electrons. The van der Waals surface area contributed by atoms with Gasteiger partial charge >= 0.3 is 0 Å². The van der Waals surface area contributed by atoms with Crippen LogP contribution in [-0.2, 0) is 14.3 Å². The molecule has 0 spiro atoms. The van der Waals surface area contributed by atoms with Gasteiger partial charge in [-0.05, 0) is 31.4 Å². The van der Waals surface area contributed by atoms with E-state index in [9.17, 15) is 9.59 Å². The number of aryl methyl sites for hydroxylation is 1. The van der Waals surface area contributed by atoms with E-state index < -0.39 is 0 Å². The molecule has 1 aromatic heterocycles. The fourth-order valence-electron chi connectivity index (χ4n) is 2.83. The number of rotatable bonds is 7. The van der Waals surface area contributed by atoms with Crippen molar-refractivity contribution >= 4 is 17.5 Å². The molecule has 7 heteroatoms.